The van der Waals surface area contributed by atoms with Crippen molar-refractivity contribution in [1.29, 1.82) is 0 Å². The van der Waals surface area contributed by atoms with E-state index in [1.807, 2.05) is 38.1 Å². The van der Waals surface area contributed by atoms with Crippen molar-refractivity contribution in [3.8, 4) is 5.75 Å². The van der Waals surface area contributed by atoms with Gasteiger partial charge in [-0.25, -0.2) is 0 Å². The summed E-state index contributed by atoms with van der Waals surface area (Å²) in [6.45, 7) is 4.68. The predicted octanol–water partition coefficient (Wildman–Crippen LogP) is 4.88. The Kier molecular flexibility index (Phi) is 9.47. The van der Waals surface area contributed by atoms with Gasteiger partial charge in [-0.05, 0) is 48.2 Å². The molecular weight excluding hydrogens is 423 g/mol. The van der Waals surface area contributed by atoms with Crippen LogP contribution in [-0.4, -0.2) is 36.4 Å². The van der Waals surface area contributed by atoms with Crippen molar-refractivity contribution in [2.75, 3.05) is 13.7 Å². The van der Waals surface area contributed by atoms with Crippen molar-refractivity contribution < 1.29 is 14.3 Å². The predicted molar refractivity (Wildman–Crippen MR) is 121 cm³/mol. The molecule has 162 valence electrons. The quantitative estimate of drug-likeness (QED) is 0.560. The van der Waals surface area contributed by atoms with Crippen LogP contribution in [0, 0.1) is 0 Å². The average molecular weight is 451 g/mol. The number of rotatable bonds is 10. The Morgan fingerprint density at radius 1 is 1.10 bits per heavy atom. The molecule has 2 aromatic rings. The maximum absolute atomic E-state index is 13.3. The molecule has 0 bridgehead atoms. The highest BCUT2D eigenvalue weighted by Gasteiger charge is 2.29. The Morgan fingerprint density at radius 3 is 2.37 bits per heavy atom. The van der Waals surface area contributed by atoms with Gasteiger partial charge in [0, 0.05) is 23.1 Å². The summed E-state index contributed by atoms with van der Waals surface area (Å²) >= 11 is 12.4. The number of carbonyl (C=O) groups is 2. The minimum Gasteiger partial charge on any atom is -0.497 e. The molecule has 0 aromatic heterocycles. The molecule has 0 aliphatic heterocycles. The smallest absolute Gasteiger partial charge is 0.242 e. The van der Waals surface area contributed by atoms with Gasteiger partial charge < -0.3 is 15.0 Å². The Hall–Kier alpha value is -2.24. The first-order valence-corrected chi connectivity index (χ1v) is 10.8. The topological polar surface area (TPSA) is 58.6 Å². The van der Waals surface area contributed by atoms with Gasteiger partial charge in [-0.15, -0.1) is 0 Å². The average Bonchev–Trinajstić information content (AvgIpc) is 2.74. The lowest BCUT2D eigenvalue weighted by Gasteiger charge is -2.31. The third-order valence-electron chi connectivity index (χ3n) is 4.81. The molecule has 5 nitrogen and oxygen atoms in total. The Labute approximate surface area is 188 Å². The molecule has 0 fully saturated rings. The lowest BCUT2D eigenvalue weighted by molar-refractivity contribution is -0.140. The number of methoxy groups -OCH3 is 1. The molecule has 1 atom stereocenters. The molecule has 0 saturated heterocycles. The van der Waals surface area contributed by atoms with Gasteiger partial charge in [0.05, 0.1) is 13.5 Å². The SMILES string of the molecule is CCCNC(=O)C(CC)N(Cc1ccc(Cl)cc1Cl)C(=O)Cc1ccc(OC)cc1. The minimum absolute atomic E-state index is 0.148. The molecule has 2 rings (SSSR count). The third kappa shape index (κ3) is 6.64. The first-order valence-electron chi connectivity index (χ1n) is 10.0. The van der Waals surface area contributed by atoms with Crippen LogP contribution in [0.5, 0.6) is 5.75 Å². The van der Waals surface area contributed by atoms with Crippen LogP contribution in [0.2, 0.25) is 10.0 Å². The van der Waals surface area contributed by atoms with Crippen molar-refractivity contribution in [3.05, 3.63) is 63.6 Å². The van der Waals surface area contributed by atoms with E-state index in [4.69, 9.17) is 27.9 Å². The normalized spacial score (nSPS) is 11.6. The zero-order valence-corrected chi connectivity index (χ0v) is 19.1. The minimum atomic E-state index is -0.589. The van der Waals surface area contributed by atoms with Crippen LogP contribution in [0.25, 0.3) is 0 Å². The zero-order valence-electron chi connectivity index (χ0n) is 17.6. The lowest BCUT2D eigenvalue weighted by atomic mass is 10.1. The van der Waals surface area contributed by atoms with Crippen LogP contribution in [0.4, 0.5) is 0 Å². The number of hydrogen-bond donors (Lipinski definition) is 1. The van der Waals surface area contributed by atoms with E-state index >= 15 is 0 Å². The van der Waals surface area contributed by atoms with Crippen LogP contribution < -0.4 is 10.1 Å². The van der Waals surface area contributed by atoms with E-state index in [1.54, 1.807) is 30.2 Å². The maximum Gasteiger partial charge on any atom is 0.242 e. The highest BCUT2D eigenvalue weighted by molar-refractivity contribution is 6.35. The molecule has 0 saturated carbocycles. The van der Waals surface area contributed by atoms with E-state index in [1.165, 1.54) is 0 Å². The summed E-state index contributed by atoms with van der Waals surface area (Å²) in [4.78, 5) is 27.6. The highest BCUT2D eigenvalue weighted by Crippen LogP contribution is 2.24. The van der Waals surface area contributed by atoms with E-state index in [9.17, 15) is 9.59 Å². The second-order valence-corrected chi connectivity index (χ2v) is 7.84. The highest BCUT2D eigenvalue weighted by atomic mass is 35.5. The second-order valence-electron chi connectivity index (χ2n) is 7.00. The standard InChI is InChI=1S/C23H28Cl2N2O3/c1-4-12-26-23(29)21(5-2)27(15-17-8-9-18(24)14-20(17)25)22(28)13-16-6-10-19(30-3)11-7-16/h6-11,14,21H,4-5,12-13,15H2,1-3H3,(H,26,29). The monoisotopic (exact) mass is 450 g/mol. The largest absolute Gasteiger partial charge is 0.497 e. The van der Waals surface area contributed by atoms with Crippen molar-refractivity contribution in [1.82, 2.24) is 10.2 Å². The number of ether oxygens (including phenoxy) is 1. The molecule has 30 heavy (non-hydrogen) atoms. The van der Waals surface area contributed by atoms with Crippen LogP contribution in [0.15, 0.2) is 42.5 Å². The second kappa shape index (κ2) is 11.8. The van der Waals surface area contributed by atoms with Crippen LogP contribution in [0.1, 0.15) is 37.8 Å². The van der Waals surface area contributed by atoms with Gasteiger partial charge in [-0.3, -0.25) is 9.59 Å². The third-order valence-corrected chi connectivity index (χ3v) is 5.39. The van der Waals surface area contributed by atoms with Gasteiger partial charge in [0.1, 0.15) is 11.8 Å². The van der Waals surface area contributed by atoms with Crippen LogP contribution in [0.3, 0.4) is 0 Å². The molecule has 2 aromatic carbocycles. The molecule has 1 unspecified atom stereocenters. The number of amides is 2. The number of nitrogens with zero attached hydrogens (tertiary/aromatic N) is 1. The summed E-state index contributed by atoms with van der Waals surface area (Å²) in [6, 6.07) is 11.9. The van der Waals surface area contributed by atoms with Crippen LogP contribution >= 0.6 is 23.2 Å². The van der Waals surface area contributed by atoms with Gasteiger partial charge >= 0.3 is 0 Å². The zero-order chi connectivity index (χ0) is 22.1. The van der Waals surface area contributed by atoms with E-state index in [0.29, 0.717) is 23.0 Å². The molecule has 0 aliphatic carbocycles. The summed E-state index contributed by atoms with van der Waals surface area (Å²) < 4.78 is 5.17. The summed E-state index contributed by atoms with van der Waals surface area (Å²) in [7, 11) is 1.60. The first kappa shape index (κ1) is 24.0. The Balaban J connectivity index is 2.29. The Morgan fingerprint density at radius 2 is 1.80 bits per heavy atom. The molecular formula is C23H28Cl2N2O3. The van der Waals surface area contributed by atoms with Gasteiger partial charge in [-0.1, -0.05) is 55.2 Å². The number of benzene rings is 2. The van der Waals surface area contributed by atoms with Gasteiger partial charge in [0.25, 0.3) is 0 Å². The van der Waals surface area contributed by atoms with E-state index in [0.717, 1.165) is 23.3 Å². The Bertz CT molecular complexity index is 856. The molecule has 0 radical (unpaired) electrons. The van der Waals surface area contributed by atoms with Crippen molar-refractivity contribution >= 4 is 35.0 Å². The molecule has 2 amide bonds. The fourth-order valence-corrected chi connectivity index (χ4v) is 3.61. The molecule has 0 aliphatic rings. The number of hydrogen-bond acceptors (Lipinski definition) is 3. The number of halogens is 2. The van der Waals surface area contributed by atoms with Gasteiger partial charge in [-0.2, -0.15) is 0 Å². The van der Waals surface area contributed by atoms with Crippen molar-refractivity contribution in [3.63, 3.8) is 0 Å². The fraction of sp³-hybridized carbons (Fsp3) is 0.391. The summed E-state index contributed by atoms with van der Waals surface area (Å²) in [5.41, 5.74) is 1.59. The van der Waals surface area contributed by atoms with Gasteiger partial charge in [0.15, 0.2) is 0 Å². The molecule has 1 N–H and O–H groups in total. The lowest BCUT2D eigenvalue weighted by Crippen LogP contribution is -2.49. The van der Waals surface area contributed by atoms with Crippen molar-refractivity contribution in [2.45, 2.75) is 45.7 Å². The summed E-state index contributed by atoms with van der Waals surface area (Å²) in [5, 5.41) is 3.89. The number of nitrogens with one attached hydrogen (secondary N) is 1. The van der Waals surface area contributed by atoms with Crippen molar-refractivity contribution in [2.24, 2.45) is 0 Å². The summed E-state index contributed by atoms with van der Waals surface area (Å²) in [6.07, 6.45) is 1.49. The summed E-state index contributed by atoms with van der Waals surface area (Å²) in [5.74, 6) is 0.415. The molecule has 0 spiro atoms. The fourth-order valence-electron chi connectivity index (χ4n) is 3.14. The van der Waals surface area contributed by atoms with Crippen LogP contribution in [-0.2, 0) is 22.6 Å². The van der Waals surface area contributed by atoms with E-state index < -0.39 is 6.04 Å². The molecule has 7 heteroatoms. The molecule has 0 heterocycles. The van der Waals surface area contributed by atoms with Gasteiger partial charge in [0.2, 0.25) is 11.8 Å². The van der Waals surface area contributed by atoms with E-state index in [-0.39, 0.29) is 24.8 Å². The number of carbonyl (C=O) groups excluding carboxylic acids is 2. The maximum atomic E-state index is 13.3. The van der Waals surface area contributed by atoms with E-state index in [2.05, 4.69) is 5.32 Å². The first-order chi connectivity index (χ1) is 14.4.